The fourth-order valence-corrected chi connectivity index (χ4v) is 4.25. The zero-order valence-corrected chi connectivity index (χ0v) is 17.6. The van der Waals surface area contributed by atoms with Crippen molar-refractivity contribution in [2.45, 2.75) is 45.6 Å². The number of urea groups is 1. The predicted octanol–water partition coefficient (Wildman–Crippen LogP) is 1.98. The summed E-state index contributed by atoms with van der Waals surface area (Å²) in [6.07, 6.45) is 4.59. The Hall–Kier alpha value is -2.09. The van der Waals surface area contributed by atoms with Crippen LogP contribution < -0.4 is 0 Å². The van der Waals surface area contributed by atoms with Gasteiger partial charge in [-0.2, -0.15) is 0 Å². The first-order valence-corrected chi connectivity index (χ1v) is 10.3. The number of amides is 3. The van der Waals surface area contributed by atoms with Crippen molar-refractivity contribution in [3.05, 3.63) is 17.0 Å². The predicted molar refractivity (Wildman–Crippen MR) is 106 cm³/mol. The van der Waals surface area contributed by atoms with Gasteiger partial charge in [0.15, 0.2) is 0 Å². The first-order chi connectivity index (χ1) is 13.4. The molecule has 2 aliphatic rings. The van der Waals surface area contributed by atoms with Gasteiger partial charge in [0.05, 0.1) is 11.7 Å². The number of likely N-dealkylation sites (tertiary alicyclic amines) is 2. The van der Waals surface area contributed by atoms with Crippen molar-refractivity contribution in [3.8, 4) is 0 Å². The number of aryl methyl sites for hydroxylation is 2. The van der Waals surface area contributed by atoms with Gasteiger partial charge in [0.2, 0.25) is 0 Å². The van der Waals surface area contributed by atoms with Crippen LogP contribution in [0.5, 0.6) is 0 Å². The number of aromatic nitrogens is 1. The highest BCUT2D eigenvalue weighted by atomic mass is 16.5. The lowest BCUT2D eigenvalue weighted by Gasteiger charge is -2.34. The van der Waals surface area contributed by atoms with Gasteiger partial charge in [0.1, 0.15) is 11.3 Å². The maximum Gasteiger partial charge on any atom is 0.319 e. The van der Waals surface area contributed by atoms with E-state index >= 15 is 0 Å². The second-order valence-electron chi connectivity index (χ2n) is 8.17. The summed E-state index contributed by atoms with van der Waals surface area (Å²) in [5.41, 5.74) is 1.18. The fraction of sp³-hybridized carbons (Fsp3) is 0.750. The number of carbonyl (C=O) groups is 2. The zero-order chi connectivity index (χ0) is 20.3. The van der Waals surface area contributed by atoms with E-state index in [0.717, 1.165) is 26.1 Å². The summed E-state index contributed by atoms with van der Waals surface area (Å²) in [4.78, 5) is 33.6. The van der Waals surface area contributed by atoms with Gasteiger partial charge in [-0.3, -0.25) is 4.79 Å². The Balaban J connectivity index is 1.65. The van der Waals surface area contributed by atoms with Crippen molar-refractivity contribution in [3.63, 3.8) is 0 Å². The maximum atomic E-state index is 12.9. The molecule has 0 N–H and O–H groups in total. The van der Waals surface area contributed by atoms with Gasteiger partial charge in [-0.25, -0.2) is 4.79 Å². The summed E-state index contributed by atoms with van der Waals surface area (Å²) in [6, 6.07) is 0.0674. The normalized spacial score (nSPS) is 20.4. The van der Waals surface area contributed by atoms with Crippen molar-refractivity contribution in [1.29, 1.82) is 0 Å². The van der Waals surface area contributed by atoms with Crippen LogP contribution in [0, 0.1) is 13.8 Å². The van der Waals surface area contributed by atoms with Crippen LogP contribution in [0.2, 0.25) is 0 Å². The number of hydrogen-bond acceptors (Lipinski definition) is 5. The second kappa shape index (κ2) is 8.94. The number of nitrogens with zero attached hydrogens (tertiary/aromatic N) is 5. The van der Waals surface area contributed by atoms with Gasteiger partial charge in [-0.1, -0.05) is 11.6 Å². The number of piperidine rings is 1. The van der Waals surface area contributed by atoms with Crippen LogP contribution in [0.4, 0.5) is 4.79 Å². The van der Waals surface area contributed by atoms with Gasteiger partial charge in [-0.15, -0.1) is 0 Å². The average Bonchev–Trinajstić information content (AvgIpc) is 3.29. The molecule has 1 atom stereocenters. The molecular formula is C20H33N5O3. The Bertz CT molecular complexity index is 677. The third kappa shape index (κ3) is 4.48. The van der Waals surface area contributed by atoms with Crippen LogP contribution >= 0.6 is 0 Å². The summed E-state index contributed by atoms with van der Waals surface area (Å²) < 4.78 is 5.15. The quantitative estimate of drug-likeness (QED) is 0.767. The zero-order valence-electron chi connectivity index (χ0n) is 17.6. The van der Waals surface area contributed by atoms with Crippen molar-refractivity contribution in [2.75, 3.05) is 53.4 Å². The lowest BCUT2D eigenvalue weighted by atomic mass is 10.1. The molecule has 1 unspecified atom stereocenters. The molecule has 8 nitrogen and oxygen atoms in total. The second-order valence-corrected chi connectivity index (χ2v) is 8.17. The molecule has 0 aliphatic carbocycles. The van der Waals surface area contributed by atoms with Gasteiger partial charge in [-0.05, 0) is 46.2 Å². The minimum Gasteiger partial charge on any atom is -0.361 e. The first kappa shape index (κ1) is 20.6. The number of hydrogen-bond donors (Lipinski definition) is 0. The lowest BCUT2D eigenvalue weighted by Crippen LogP contribution is -2.50. The van der Waals surface area contributed by atoms with E-state index in [-0.39, 0.29) is 18.0 Å². The molecule has 8 heteroatoms. The number of rotatable bonds is 5. The highest BCUT2D eigenvalue weighted by Gasteiger charge is 2.35. The molecule has 2 aliphatic heterocycles. The van der Waals surface area contributed by atoms with E-state index < -0.39 is 0 Å². The molecule has 156 valence electrons. The van der Waals surface area contributed by atoms with Crippen LogP contribution in [-0.4, -0.2) is 96.1 Å². The third-order valence-corrected chi connectivity index (χ3v) is 5.87. The smallest absolute Gasteiger partial charge is 0.319 e. The molecule has 3 heterocycles. The molecule has 2 fully saturated rings. The Morgan fingerprint density at radius 2 is 1.86 bits per heavy atom. The molecule has 1 aromatic rings. The fourth-order valence-electron chi connectivity index (χ4n) is 4.25. The Morgan fingerprint density at radius 3 is 2.46 bits per heavy atom. The monoisotopic (exact) mass is 391 g/mol. The molecule has 0 saturated carbocycles. The molecule has 0 radical (unpaired) electrons. The van der Waals surface area contributed by atoms with Gasteiger partial charge < -0.3 is 24.1 Å². The van der Waals surface area contributed by atoms with E-state index in [1.807, 2.05) is 9.80 Å². The Kier molecular flexibility index (Phi) is 6.59. The highest BCUT2D eigenvalue weighted by Crippen LogP contribution is 2.22. The largest absolute Gasteiger partial charge is 0.361 e. The Labute approximate surface area is 167 Å². The van der Waals surface area contributed by atoms with E-state index in [9.17, 15) is 9.59 Å². The standard InChI is InChI=1S/C20H33N5O3/c1-15-18(16(2)28-21-15)19(26)24-11-8-17(14-24)25(20(27)22(3)4)13-12-23-9-6-5-7-10-23/h17H,5-14H2,1-4H3. The van der Waals surface area contributed by atoms with Gasteiger partial charge in [0.25, 0.3) is 5.91 Å². The van der Waals surface area contributed by atoms with Gasteiger partial charge >= 0.3 is 6.03 Å². The molecule has 3 amide bonds. The summed E-state index contributed by atoms with van der Waals surface area (Å²) in [7, 11) is 3.58. The van der Waals surface area contributed by atoms with Crippen LogP contribution in [-0.2, 0) is 0 Å². The highest BCUT2D eigenvalue weighted by molar-refractivity contribution is 5.96. The molecule has 3 rings (SSSR count). The summed E-state index contributed by atoms with van der Waals surface area (Å²) in [5, 5.41) is 3.90. The Morgan fingerprint density at radius 1 is 1.14 bits per heavy atom. The van der Waals surface area contributed by atoms with E-state index in [0.29, 0.717) is 36.7 Å². The molecule has 0 spiro atoms. The molecule has 28 heavy (non-hydrogen) atoms. The minimum absolute atomic E-state index is 0.0219. The molecule has 0 bridgehead atoms. The van der Waals surface area contributed by atoms with Crippen LogP contribution in [0.25, 0.3) is 0 Å². The summed E-state index contributed by atoms with van der Waals surface area (Å²) in [6.45, 7) is 8.59. The SMILES string of the molecule is Cc1noc(C)c1C(=O)N1CCC(N(CCN2CCCCC2)C(=O)N(C)C)C1. The van der Waals surface area contributed by atoms with Crippen LogP contribution in [0.3, 0.4) is 0 Å². The molecule has 2 saturated heterocycles. The molecular weight excluding hydrogens is 358 g/mol. The topological polar surface area (TPSA) is 73.1 Å². The van der Waals surface area contributed by atoms with Crippen molar-refractivity contribution in [1.82, 2.24) is 24.8 Å². The minimum atomic E-state index is -0.0490. The maximum absolute atomic E-state index is 12.9. The summed E-state index contributed by atoms with van der Waals surface area (Å²) >= 11 is 0. The average molecular weight is 392 g/mol. The van der Waals surface area contributed by atoms with Crippen LogP contribution in [0.15, 0.2) is 4.52 Å². The van der Waals surface area contributed by atoms with Crippen LogP contribution in [0.1, 0.15) is 47.5 Å². The van der Waals surface area contributed by atoms with E-state index in [1.165, 1.54) is 19.3 Å². The number of carbonyl (C=O) groups excluding carboxylic acids is 2. The third-order valence-electron chi connectivity index (χ3n) is 5.87. The van der Waals surface area contributed by atoms with E-state index in [1.54, 1.807) is 32.8 Å². The molecule has 1 aromatic heterocycles. The van der Waals surface area contributed by atoms with E-state index in [4.69, 9.17) is 4.52 Å². The first-order valence-electron chi connectivity index (χ1n) is 10.3. The lowest BCUT2D eigenvalue weighted by molar-refractivity contribution is 0.0771. The molecule has 0 aromatic carbocycles. The van der Waals surface area contributed by atoms with Crippen molar-refractivity contribution in [2.24, 2.45) is 0 Å². The van der Waals surface area contributed by atoms with Gasteiger partial charge in [0, 0.05) is 40.3 Å². The van der Waals surface area contributed by atoms with Crippen molar-refractivity contribution < 1.29 is 14.1 Å². The van der Waals surface area contributed by atoms with E-state index in [2.05, 4.69) is 10.1 Å². The summed E-state index contributed by atoms with van der Waals surface area (Å²) in [5.74, 6) is 0.504. The van der Waals surface area contributed by atoms with Crippen molar-refractivity contribution >= 4 is 11.9 Å².